The molecule has 0 fully saturated rings. The Morgan fingerprint density at radius 3 is 2.80 bits per heavy atom. The van der Waals surface area contributed by atoms with Crippen molar-refractivity contribution in [3.63, 3.8) is 0 Å². The summed E-state index contributed by atoms with van der Waals surface area (Å²) in [6.45, 7) is 1.86. The van der Waals surface area contributed by atoms with Crippen LogP contribution in [0.15, 0.2) is 41.0 Å². The van der Waals surface area contributed by atoms with Crippen LogP contribution >= 0.6 is 0 Å². The van der Waals surface area contributed by atoms with Gasteiger partial charge in [0.25, 0.3) is 5.91 Å². The number of amides is 2. The predicted octanol–water partition coefficient (Wildman–Crippen LogP) is 1.96. The standard InChI is InChI=1S/C18H18N2O5/c1-2-13(18(23)24)19-17(22)16-12(7-8-25-16)10-20-14-6-4-3-5-11(14)9-15(20)21/h3-8,13H,2,9-10H2,1H3,(H,19,22)(H,23,24). The Kier molecular flexibility index (Phi) is 4.56. The number of carboxylic acids is 1. The summed E-state index contributed by atoms with van der Waals surface area (Å²) in [5.41, 5.74) is 2.29. The van der Waals surface area contributed by atoms with Crippen LogP contribution in [0.3, 0.4) is 0 Å². The van der Waals surface area contributed by atoms with Crippen LogP contribution in [0.1, 0.15) is 35.0 Å². The Hall–Kier alpha value is -3.09. The fourth-order valence-corrected chi connectivity index (χ4v) is 2.88. The van der Waals surface area contributed by atoms with Crippen molar-refractivity contribution in [2.45, 2.75) is 32.4 Å². The van der Waals surface area contributed by atoms with E-state index in [9.17, 15) is 14.4 Å². The Bertz CT molecular complexity index is 826. The van der Waals surface area contributed by atoms with E-state index in [2.05, 4.69) is 5.32 Å². The van der Waals surface area contributed by atoms with Crippen LogP contribution < -0.4 is 10.2 Å². The first-order valence-electron chi connectivity index (χ1n) is 7.99. The third-order valence-corrected chi connectivity index (χ3v) is 4.22. The quantitative estimate of drug-likeness (QED) is 0.836. The highest BCUT2D eigenvalue weighted by Gasteiger charge is 2.29. The van der Waals surface area contributed by atoms with Gasteiger partial charge < -0.3 is 19.7 Å². The molecule has 2 heterocycles. The van der Waals surface area contributed by atoms with E-state index in [4.69, 9.17) is 9.52 Å². The SMILES string of the molecule is CCC(NC(=O)c1occc1CN1C(=O)Cc2ccccc21)C(=O)O. The molecule has 2 aromatic rings. The number of carbonyl (C=O) groups excluding carboxylic acids is 2. The number of nitrogens with zero attached hydrogens (tertiary/aromatic N) is 1. The van der Waals surface area contributed by atoms with Crippen LogP contribution in [-0.4, -0.2) is 28.9 Å². The van der Waals surface area contributed by atoms with Crippen molar-refractivity contribution >= 4 is 23.5 Å². The van der Waals surface area contributed by atoms with Gasteiger partial charge in [-0.1, -0.05) is 25.1 Å². The third kappa shape index (κ3) is 3.26. The normalized spacial score (nSPS) is 14.3. The Balaban J connectivity index is 1.80. The van der Waals surface area contributed by atoms with E-state index >= 15 is 0 Å². The number of hydrogen-bond acceptors (Lipinski definition) is 4. The van der Waals surface area contributed by atoms with Crippen LogP contribution in [0.2, 0.25) is 0 Å². The number of furan rings is 1. The van der Waals surface area contributed by atoms with E-state index in [1.807, 2.05) is 24.3 Å². The zero-order valence-electron chi connectivity index (χ0n) is 13.7. The second-order valence-corrected chi connectivity index (χ2v) is 5.83. The molecule has 0 radical (unpaired) electrons. The van der Waals surface area contributed by atoms with Crippen LogP contribution in [0.4, 0.5) is 5.69 Å². The molecule has 0 spiro atoms. The Labute approximate surface area is 144 Å². The topological polar surface area (TPSA) is 99.9 Å². The van der Waals surface area contributed by atoms with Gasteiger partial charge >= 0.3 is 5.97 Å². The largest absolute Gasteiger partial charge is 0.480 e. The molecule has 1 unspecified atom stereocenters. The summed E-state index contributed by atoms with van der Waals surface area (Å²) in [5, 5.41) is 11.5. The number of carbonyl (C=O) groups is 3. The summed E-state index contributed by atoms with van der Waals surface area (Å²) in [4.78, 5) is 37.3. The van der Waals surface area contributed by atoms with E-state index < -0.39 is 17.9 Å². The highest BCUT2D eigenvalue weighted by atomic mass is 16.4. The van der Waals surface area contributed by atoms with Gasteiger partial charge in [0.15, 0.2) is 5.76 Å². The summed E-state index contributed by atoms with van der Waals surface area (Å²) < 4.78 is 5.24. The van der Waals surface area contributed by atoms with E-state index in [0.29, 0.717) is 12.0 Å². The molecule has 1 aliphatic heterocycles. The molecular weight excluding hydrogens is 324 g/mol. The lowest BCUT2D eigenvalue weighted by atomic mass is 10.1. The third-order valence-electron chi connectivity index (χ3n) is 4.22. The monoisotopic (exact) mass is 342 g/mol. The number of anilines is 1. The molecule has 25 heavy (non-hydrogen) atoms. The smallest absolute Gasteiger partial charge is 0.326 e. The van der Waals surface area contributed by atoms with Gasteiger partial charge in [-0.2, -0.15) is 0 Å². The molecule has 1 atom stereocenters. The zero-order chi connectivity index (χ0) is 18.0. The second kappa shape index (κ2) is 6.80. The minimum absolute atomic E-state index is 0.0249. The number of rotatable bonds is 6. The lowest BCUT2D eigenvalue weighted by Gasteiger charge is -2.17. The van der Waals surface area contributed by atoms with Gasteiger partial charge in [-0.25, -0.2) is 4.79 Å². The first-order valence-corrected chi connectivity index (χ1v) is 7.99. The molecule has 130 valence electrons. The van der Waals surface area contributed by atoms with Crippen molar-refractivity contribution in [1.82, 2.24) is 5.32 Å². The molecule has 1 aromatic heterocycles. The highest BCUT2D eigenvalue weighted by molar-refractivity contribution is 6.02. The van der Waals surface area contributed by atoms with Gasteiger partial charge in [0.05, 0.1) is 19.2 Å². The fraction of sp³-hybridized carbons (Fsp3) is 0.278. The average Bonchev–Trinajstić information content (AvgIpc) is 3.17. The molecule has 0 bridgehead atoms. The van der Waals surface area contributed by atoms with Crippen molar-refractivity contribution in [2.24, 2.45) is 0 Å². The average molecular weight is 342 g/mol. The maximum Gasteiger partial charge on any atom is 0.326 e. The second-order valence-electron chi connectivity index (χ2n) is 5.83. The minimum Gasteiger partial charge on any atom is -0.480 e. The predicted molar refractivity (Wildman–Crippen MR) is 89.2 cm³/mol. The molecule has 2 amide bonds. The van der Waals surface area contributed by atoms with Crippen LogP contribution in [-0.2, 0) is 22.6 Å². The van der Waals surface area contributed by atoms with Gasteiger partial charge in [-0.15, -0.1) is 0 Å². The van der Waals surface area contributed by atoms with Gasteiger partial charge in [0.1, 0.15) is 6.04 Å². The van der Waals surface area contributed by atoms with Gasteiger partial charge in [0.2, 0.25) is 5.91 Å². The van der Waals surface area contributed by atoms with Crippen LogP contribution in [0.5, 0.6) is 0 Å². The molecule has 7 nitrogen and oxygen atoms in total. The molecule has 2 N–H and O–H groups in total. The Morgan fingerprint density at radius 1 is 1.32 bits per heavy atom. The molecule has 7 heteroatoms. The first kappa shape index (κ1) is 16.8. The molecule has 0 saturated heterocycles. The maximum atomic E-state index is 12.3. The first-order chi connectivity index (χ1) is 12.0. The molecule has 0 aliphatic carbocycles. The lowest BCUT2D eigenvalue weighted by Crippen LogP contribution is -2.40. The van der Waals surface area contributed by atoms with Crippen molar-refractivity contribution in [3.05, 3.63) is 53.5 Å². The maximum absolute atomic E-state index is 12.3. The number of hydrogen-bond donors (Lipinski definition) is 2. The number of para-hydroxylation sites is 1. The van der Waals surface area contributed by atoms with E-state index in [-0.39, 0.29) is 24.6 Å². The summed E-state index contributed by atoms with van der Waals surface area (Å²) in [6, 6.07) is 8.12. The van der Waals surface area contributed by atoms with Crippen LogP contribution in [0, 0.1) is 0 Å². The van der Waals surface area contributed by atoms with Gasteiger partial charge in [0, 0.05) is 11.3 Å². The molecule has 1 aromatic carbocycles. The van der Waals surface area contributed by atoms with E-state index in [1.165, 1.54) is 6.26 Å². The number of fused-ring (bicyclic) bond motifs is 1. The highest BCUT2D eigenvalue weighted by Crippen LogP contribution is 2.30. The summed E-state index contributed by atoms with van der Waals surface area (Å²) in [6.07, 6.45) is 1.94. The molecule has 0 saturated carbocycles. The number of aliphatic carboxylic acids is 1. The van der Waals surface area contributed by atoms with Crippen molar-refractivity contribution in [1.29, 1.82) is 0 Å². The number of benzene rings is 1. The summed E-state index contributed by atoms with van der Waals surface area (Å²) in [5.74, 6) is -1.73. The lowest BCUT2D eigenvalue weighted by molar-refractivity contribution is -0.139. The molecule has 3 rings (SSSR count). The molecule has 1 aliphatic rings. The van der Waals surface area contributed by atoms with Crippen molar-refractivity contribution < 1.29 is 23.9 Å². The molecular formula is C18H18N2O5. The van der Waals surface area contributed by atoms with Crippen LogP contribution in [0.25, 0.3) is 0 Å². The number of nitrogens with one attached hydrogen (secondary N) is 1. The Morgan fingerprint density at radius 2 is 2.08 bits per heavy atom. The summed E-state index contributed by atoms with van der Waals surface area (Å²) >= 11 is 0. The summed E-state index contributed by atoms with van der Waals surface area (Å²) in [7, 11) is 0. The number of carboxylic acid groups (broad SMARTS) is 1. The fourth-order valence-electron chi connectivity index (χ4n) is 2.88. The zero-order valence-corrected chi connectivity index (χ0v) is 13.7. The van der Waals surface area contributed by atoms with Crippen molar-refractivity contribution in [2.75, 3.05) is 4.90 Å². The minimum atomic E-state index is -1.10. The van der Waals surface area contributed by atoms with Gasteiger partial charge in [-0.3, -0.25) is 9.59 Å². The van der Waals surface area contributed by atoms with E-state index in [0.717, 1.165) is 11.3 Å². The van der Waals surface area contributed by atoms with Crippen molar-refractivity contribution in [3.8, 4) is 0 Å². The van der Waals surface area contributed by atoms with E-state index in [1.54, 1.807) is 17.9 Å². The van der Waals surface area contributed by atoms with Gasteiger partial charge in [-0.05, 0) is 24.1 Å².